The number of halogens is 1. The van der Waals surface area contributed by atoms with Gasteiger partial charge in [-0.2, -0.15) is 0 Å². The number of amides is 2. The molecule has 0 saturated heterocycles. The fourth-order valence-electron chi connectivity index (χ4n) is 1.94. The van der Waals surface area contributed by atoms with E-state index in [0.717, 1.165) is 10.0 Å². The summed E-state index contributed by atoms with van der Waals surface area (Å²) in [6.07, 6.45) is 0. The highest BCUT2D eigenvalue weighted by Crippen LogP contribution is 2.23. The number of carbonyl (C=O) groups is 2. The molecule has 6 heteroatoms. The molecule has 0 spiro atoms. The van der Waals surface area contributed by atoms with Gasteiger partial charge in [0.2, 0.25) is 5.91 Å². The number of carbonyl (C=O) groups excluding carboxylic acids is 2. The molecule has 5 nitrogen and oxygen atoms in total. The lowest BCUT2D eigenvalue weighted by Gasteiger charge is -2.11. The van der Waals surface area contributed by atoms with Crippen LogP contribution in [0, 0.1) is 6.92 Å². The summed E-state index contributed by atoms with van der Waals surface area (Å²) in [7, 11) is 0. The molecule has 0 radical (unpaired) electrons. The molecule has 2 amide bonds. The summed E-state index contributed by atoms with van der Waals surface area (Å²) in [6.45, 7) is 2.00. The molecule has 114 valence electrons. The molecule has 0 aromatic heterocycles. The maximum atomic E-state index is 12.0. The minimum Gasteiger partial charge on any atom is -0.376 e. The monoisotopic (exact) mass is 361 g/mol. The predicted molar refractivity (Wildman–Crippen MR) is 91.0 cm³/mol. The van der Waals surface area contributed by atoms with Crippen LogP contribution in [0.15, 0.2) is 46.9 Å². The second-order valence-corrected chi connectivity index (χ2v) is 5.65. The van der Waals surface area contributed by atoms with Crippen molar-refractivity contribution in [2.75, 3.05) is 17.2 Å². The van der Waals surface area contributed by atoms with Crippen molar-refractivity contribution in [3.63, 3.8) is 0 Å². The van der Waals surface area contributed by atoms with Crippen molar-refractivity contribution in [2.45, 2.75) is 6.92 Å². The van der Waals surface area contributed by atoms with Crippen LogP contribution in [0.4, 0.5) is 11.4 Å². The fraction of sp³-hybridized carbons (Fsp3) is 0.125. The molecule has 0 unspecified atom stereocenters. The van der Waals surface area contributed by atoms with E-state index in [1.165, 1.54) is 0 Å². The lowest BCUT2D eigenvalue weighted by molar-refractivity contribution is -0.114. The van der Waals surface area contributed by atoms with Gasteiger partial charge in [0.15, 0.2) is 0 Å². The Bertz CT molecular complexity index is 716. The molecule has 22 heavy (non-hydrogen) atoms. The molecule has 0 aliphatic carbocycles. The van der Waals surface area contributed by atoms with Crippen LogP contribution in [-0.2, 0) is 4.79 Å². The zero-order valence-electron chi connectivity index (χ0n) is 12.0. The van der Waals surface area contributed by atoms with Crippen molar-refractivity contribution in [3.05, 3.63) is 58.1 Å². The number of hydrogen-bond acceptors (Lipinski definition) is 3. The van der Waals surface area contributed by atoms with Crippen molar-refractivity contribution < 1.29 is 9.59 Å². The number of aryl methyl sites for hydroxylation is 1. The van der Waals surface area contributed by atoms with E-state index in [9.17, 15) is 9.59 Å². The van der Waals surface area contributed by atoms with Gasteiger partial charge in [-0.05, 0) is 52.7 Å². The van der Waals surface area contributed by atoms with E-state index in [1.54, 1.807) is 24.3 Å². The molecule has 2 rings (SSSR count). The van der Waals surface area contributed by atoms with Gasteiger partial charge in [-0.3, -0.25) is 9.59 Å². The fourth-order valence-corrected chi connectivity index (χ4v) is 2.54. The van der Waals surface area contributed by atoms with E-state index >= 15 is 0 Å². The van der Waals surface area contributed by atoms with Crippen molar-refractivity contribution in [1.29, 1.82) is 0 Å². The molecule has 0 aliphatic heterocycles. The van der Waals surface area contributed by atoms with Crippen LogP contribution in [0.1, 0.15) is 15.9 Å². The highest BCUT2D eigenvalue weighted by atomic mass is 79.9. The van der Waals surface area contributed by atoms with Crippen LogP contribution in [-0.4, -0.2) is 18.4 Å². The van der Waals surface area contributed by atoms with Gasteiger partial charge in [-0.1, -0.05) is 18.2 Å². The number of benzene rings is 2. The van der Waals surface area contributed by atoms with Crippen molar-refractivity contribution >= 4 is 39.1 Å². The normalized spacial score (nSPS) is 10.1. The first-order valence-corrected chi connectivity index (χ1v) is 7.45. The lowest BCUT2D eigenvalue weighted by Crippen LogP contribution is -2.23. The number of anilines is 2. The zero-order valence-corrected chi connectivity index (χ0v) is 13.6. The average Bonchev–Trinajstić information content (AvgIpc) is 2.48. The van der Waals surface area contributed by atoms with Gasteiger partial charge in [0.05, 0.1) is 17.8 Å². The molecule has 0 fully saturated rings. The summed E-state index contributed by atoms with van der Waals surface area (Å²) in [5.74, 6) is -0.756. The van der Waals surface area contributed by atoms with Crippen LogP contribution < -0.4 is 16.4 Å². The van der Waals surface area contributed by atoms with Crippen molar-refractivity contribution in [1.82, 2.24) is 0 Å². The highest BCUT2D eigenvalue weighted by molar-refractivity contribution is 9.10. The van der Waals surface area contributed by atoms with Crippen LogP contribution >= 0.6 is 15.9 Å². The van der Waals surface area contributed by atoms with E-state index < -0.39 is 5.91 Å². The summed E-state index contributed by atoms with van der Waals surface area (Å²) >= 11 is 3.41. The second kappa shape index (κ2) is 7.09. The predicted octanol–water partition coefficient (Wildman–Crippen LogP) is 2.91. The highest BCUT2D eigenvalue weighted by Gasteiger charge is 2.09. The van der Waals surface area contributed by atoms with Gasteiger partial charge in [-0.15, -0.1) is 0 Å². The molecule has 0 bridgehead atoms. The van der Waals surface area contributed by atoms with Gasteiger partial charge in [0.25, 0.3) is 5.91 Å². The maximum Gasteiger partial charge on any atom is 0.250 e. The number of hydrogen-bond donors (Lipinski definition) is 3. The van der Waals surface area contributed by atoms with E-state index in [-0.39, 0.29) is 12.5 Å². The average molecular weight is 362 g/mol. The minimum absolute atomic E-state index is 0.0324. The van der Waals surface area contributed by atoms with Gasteiger partial charge in [0, 0.05) is 10.2 Å². The summed E-state index contributed by atoms with van der Waals surface area (Å²) in [6, 6.07) is 12.5. The summed E-state index contributed by atoms with van der Waals surface area (Å²) < 4.78 is 0.818. The Balaban J connectivity index is 2.00. The van der Waals surface area contributed by atoms with Gasteiger partial charge < -0.3 is 16.4 Å². The van der Waals surface area contributed by atoms with Crippen LogP contribution in [0.5, 0.6) is 0 Å². The van der Waals surface area contributed by atoms with Crippen molar-refractivity contribution in [2.24, 2.45) is 5.73 Å². The van der Waals surface area contributed by atoms with Crippen LogP contribution in [0.3, 0.4) is 0 Å². The third kappa shape index (κ3) is 4.08. The summed E-state index contributed by atoms with van der Waals surface area (Å²) in [4.78, 5) is 23.3. The molecule has 0 saturated carbocycles. The molecular weight excluding hydrogens is 346 g/mol. The first-order valence-electron chi connectivity index (χ1n) is 6.66. The van der Waals surface area contributed by atoms with E-state index in [1.807, 2.05) is 25.1 Å². The number of primary amides is 1. The summed E-state index contributed by atoms with van der Waals surface area (Å²) in [5.41, 5.74) is 7.97. The standard InChI is InChI=1S/C16H16BrN3O2/c1-10-6-7-14(12(17)8-10)20-15(21)9-19-13-5-3-2-4-11(13)16(18)22/h2-8,19H,9H2,1H3,(H2,18,22)(H,20,21). The third-order valence-electron chi connectivity index (χ3n) is 3.03. The summed E-state index contributed by atoms with van der Waals surface area (Å²) in [5, 5.41) is 5.71. The SMILES string of the molecule is Cc1ccc(NC(=O)CNc2ccccc2C(N)=O)c(Br)c1. The van der Waals surface area contributed by atoms with Gasteiger partial charge in [0.1, 0.15) is 0 Å². The first kappa shape index (κ1) is 16.0. The van der Waals surface area contributed by atoms with Crippen LogP contribution in [0.25, 0.3) is 0 Å². The Morgan fingerprint density at radius 1 is 1.14 bits per heavy atom. The first-order chi connectivity index (χ1) is 10.5. The number of para-hydroxylation sites is 1. The van der Waals surface area contributed by atoms with E-state index in [0.29, 0.717) is 16.9 Å². The molecule has 2 aromatic carbocycles. The Kier molecular flexibility index (Phi) is 5.16. The molecular formula is C16H16BrN3O2. The third-order valence-corrected chi connectivity index (χ3v) is 3.69. The lowest BCUT2D eigenvalue weighted by atomic mass is 10.1. The molecule has 0 atom stereocenters. The largest absolute Gasteiger partial charge is 0.376 e. The second-order valence-electron chi connectivity index (χ2n) is 4.79. The molecule has 4 N–H and O–H groups in total. The van der Waals surface area contributed by atoms with Gasteiger partial charge >= 0.3 is 0 Å². The Morgan fingerprint density at radius 2 is 1.86 bits per heavy atom. The van der Waals surface area contributed by atoms with Crippen LogP contribution in [0.2, 0.25) is 0 Å². The number of nitrogens with one attached hydrogen (secondary N) is 2. The van der Waals surface area contributed by atoms with Crippen molar-refractivity contribution in [3.8, 4) is 0 Å². The smallest absolute Gasteiger partial charge is 0.250 e. The van der Waals surface area contributed by atoms with E-state index in [4.69, 9.17) is 5.73 Å². The quantitative estimate of drug-likeness (QED) is 0.765. The minimum atomic E-state index is -0.537. The topological polar surface area (TPSA) is 84.2 Å². The molecule has 2 aromatic rings. The zero-order chi connectivity index (χ0) is 16.1. The molecule has 0 heterocycles. The number of nitrogens with two attached hydrogens (primary N) is 1. The van der Waals surface area contributed by atoms with E-state index in [2.05, 4.69) is 26.6 Å². The van der Waals surface area contributed by atoms with Gasteiger partial charge in [-0.25, -0.2) is 0 Å². The maximum absolute atomic E-state index is 12.0. The molecule has 0 aliphatic rings. The Morgan fingerprint density at radius 3 is 2.55 bits per heavy atom. The number of rotatable bonds is 5. The Labute approximate surface area is 137 Å². The Hall–Kier alpha value is -2.34.